The average molecular weight is 1420 g/mol. The number of aliphatic hydroxyl groups excluding tert-OH is 1. The van der Waals surface area contributed by atoms with Crippen molar-refractivity contribution in [1.29, 1.82) is 0 Å². The number of hydrogen-bond acceptors (Lipinski definition) is 15. The molecule has 19 heteroatoms. The first kappa shape index (κ1) is 95.1. The van der Waals surface area contributed by atoms with Crippen LogP contribution >= 0.6 is 15.6 Å². The van der Waals surface area contributed by atoms with Crippen molar-refractivity contribution in [1.82, 2.24) is 0 Å². The van der Waals surface area contributed by atoms with Crippen LogP contribution in [-0.2, 0) is 65.4 Å². The average Bonchev–Trinajstić information content (AvgIpc) is 2.67. The standard InChI is InChI=1S/C78H152O17P2/c1-6-9-12-15-18-21-24-26-27-28-29-30-31-32-33-35-37-44-49-54-59-64-78(83)95-74(68-89-76(81)62-57-52-47-42-39-38-40-45-50-55-60-71(4)5)70-93-97(86,87)91-66-72(79)65-90-96(84,85)92-69-73(67-88-75(80)61-56-51-46-41-23-20-17-14-11-8-3)94-77(82)63-58-53-48-43-36-34-25-22-19-16-13-10-7-2/h71-74,79H,6-70H2,1-5H3,(H,84,85)(H,86,87)/t72-,73+,74+/m0/s1. The Kier molecular flexibility index (Phi) is 69.6. The zero-order chi connectivity index (χ0) is 71.2. The lowest BCUT2D eigenvalue weighted by Crippen LogP contribution is -2.30. The molecule has 0 amide bonds. The molecule has 0 spiro atoms. The van der Waals surface area contributed by atoms with Gasteiger partial charge < -0.3 is 33.8 Å². The molecule has 576 valence electrons. The fourth-order valence-electron chi connectivity index (χ4n) is 12.1. The van der Waals surface area contributed by atoms with Crippen LogP contribution in [0.4, 0.5) is 0 Å². The maximum Gasteiger partial charge on any atom is 0.472 e. The smallest absolute Gasteiger partial charge is 0.462 e. The minimum Gasteiger partial charge on any atom is -0.462 e. The molecule has 0 heterocycles. The van der Waals surface area contributed by atoms with Gasteiger partial charge in [0, 0.05) is 25.7 Å². The Hall–Kier alpha value is -1.94. The van der Waals surface area contributed by atoms with Gasteiger partial charge in [-0.1, -0.05) is 362 Å². The van der Waals surface area contributed by atoms with Crippen LogP contribution < -0.4 is 0 Å². The number of esters is 4. The number of unbranched alkanes of at least 4 members (excludes halogenated alkanes) is 50. The number of carbonyl (C=O) groups excluding carboxylic acids is 4. The minimum absolute atomic E-state index is 0.108. The van der Waals surface area contributed by atoms with E-state index in [1.54, 1.807) is 0 Å². The molecule has 0 aliphatic carbocycles. The van der Waals surface area contributed by atoms with Crippen molar-refractivity contribution >= 4 is 39.5 Å². The lowest BCUT2D eigenvalue weighted by atomic mass is 10.0. The van der Waals surface area contributed by atoms with Gasteiger partial charge in [-0.2, -0.15) is 0 Å². The highest BCUT2D eigenvalue weighted by Crippen LogP contribution is 2.45. The first-order valence-corrected chi connectivity index (χ1v) is 43.6. The molecule has 2 unspecified atom stereocenters. The van der Waals surface area contributed by atoms with Gasteiger partial charge in [0.25, 0.3) is 0 Å². The van der Waals surface area contributed by atoms with E-state index in [1.165, 1.54) is 238 Å². The summed E-state index contributed by atoms with van der Waals surface area (Å²) in [6.45, 7) is 7.29. The summed E-state index contributed by atoms with van der Waals surface area (Å²) in [4.78, 5) is 72.8. The summed E-state index contributed by atoms with van der Waals surface area (Å²) in [6.07, 6.45) is 61.0. The third-order valence-electron chi connectivity index (χ3n) is 18.3. The zero-order valence-corrected chi connectivity index (χ0v) is 65.0. The van der Waals surface area contributed by atoms with E-state index in [-0.39, 0.29) is 25.7 Å². The first-order chi connectivity index (χ1) is 47.0. The quantitative estimate of drug-likeness (QED) is 0.0222. The van der Waals surface area contributed by atoms with Gasteiger partial charge in [-0.3, -0.25) is 37.3 Å². The normalized spacial score (nSPS) is 13.9. The summed E-state index contributed by atoms with van der Waals surface area (Å²) in [5, 5.41) is 10.6. The number of hydrogen-bond donors (Lipinski definition) is 3. The molecule has 17 nitrogen and oxygen atoms in total. The molecule has 0 aromatic carbocycles. The number of phosphoric acid groups is 2. The highest BCUT2D eigenvalue weighted by molar-refractivity contribution is 7.47. The van der Waals surface area contributed by atoms with E-state index < -0.39 is 97.5 Å². The van der Waals surface area contributed by atoms with Crippen LogP contribution in [0.3, 0.4) is 0 Å². The van der Waals surface area contributed by atoms with E-state index in [9.17, 15) is 43.2 Å². The highest BCUT2D eigenvalue weighted by atomic mass is 31.2. The SMILES string of the molecule is CCCCCCCCCCCCCCCCCCCCCCCC(=O)O[C@H](COC(=O)CCCCCCCCCCCCC(C)C)COP(=O)(O)OC[C@@H](O)COP(=O)(O)OC[C@@H](COC(=O)CCCCCCCCCCCC)OC(=O)CCCCCCCCCCCCCCC. The Morgan fingerprint density at radius 3 is 0.701 bits per heavy atom. The van der Waals surface area contributed by atoms with E-state index in [2.05, 4.69) is 34.6 Å². The first-order valence-electron chi connectivity index (χ1n) is 40.6. The molecule has 97 heavy (non-hydrogen) atoms. The molecule has 0 aliphatic rings. The molecule has 0 aromatic rings. The van der Waals surface area contributed by atoms with Gasteiger partial charge in [0.15, 0.2) is 12.2 Å². The van der Waals surface area contributed by atoms with Crippen molar-refractivity contribution in [2.24, 2.45) is 5.92 Å². The van der Waals surface area contributed by atoms with Gasteiger partial charge in [-0.25, -0.2) is 9.13 Å². The monoisotopic (exact) mass is 1420 g/mol. The topological polar surface area (TPSA) is 237 Å². The molecule has 0 aliphatic heterocycles. The highest BCUT2D eigenvalue weighted by Gasteiger charge is 2.30. The van der Waals surface area contributed by atoms with Crippen molar-refractivity contribution in [3.05, 3.63) is 0 Å². The molecule has 0 bridgehead atoms. The van der Waals surface area contributed by atoms with Gasteiger partial charge in [0.2, 0.25) is 0 Å². The van der Waals surface area contributed by atoms with E-state index in [0.717, 1.165) is 95.8 Å². The van der Waals surface area contributed by atoms with E-state index in [4.69, 9.17) is 37.0 Å². The molecule has 3 N–H and O–H groups in total. The number of phosphoric ester groups is 2. The molecule has 0 rings (SSSR count). The second-order valence-corrected chi connectivity index (χ2v) is 31.5. The molecular weight excluding hydrogens is 1270 g/mol. The van der Waals surface area contributed by atoms with Gasteiger partial charge in [0.1, 0.15) is 19.3 Å². The van der Waals surface area contributed by atoms with Crippen molar-refractivity contribution in [2.75, 3.05) is 39.6 Å². The van der Waals surface area contributed by atoms with E-state index in [0.29, 0.717) is 25.7 Å². The van der Waals surface area contributed by atoms with Crippen LogP contribution in [0.5, 0.6) is 0 Å². The summed E-state index contributed by atoms with van der Waals surface area (Å²) in [6, 6.07) is 0. The summed E-state index contributed by atoms with van der Waals surface area (Å²) in [5.41, 5.74) is 0. The van der Waals surface area contributed by atoms with Crippen molar-refractivity contribution in [3.63, 3.8) is 0 Å². The largest absolute Gasteiger partial charge is 0.472 e. The third-order valence-corrected chi connectivity index (χ3v) is 20.2. The minimum atomic E-state index is -4.96. The molecule has 5 atom stereocenters. The lowest BCUT2D eigenvalue weighted by molar-refractivity contribution is -0.161. The van der Waals surface area contributed by atoms with Crippen molar-refractivity contribution < 1.29 is 80.2 Å². The number of ether oxygens (including phenoxy) is 4. The van der Waals surface area contributed by atoms with E-state index >= 15 is 0 Å². The second kappa shape index (κ2) is 71.1. The summed E-state index contributed by atoms with van der Waals surface area (Å²) >= 11 is 0. The van der Waals surface area contributed by atoms with Crippen LogP contribution in [0, 0.1) is 5.92 Å². The summed E-state index contributed by atoms with van der Waals surface area (Å²) in [5.74, 6) is -1.35. The predicted octanol–water partition coefficient (Wildman–Crippen LogP) is 23.3. The van der Waals surface area contributed by atoms with E-state index in [1.807, 2.05) is 0 Å². The Morgan fingerprint density at radius 2 is 0.474 bits per heavy atom. The van der Waals surface area contributed by atoms with Crippen molar-refractivity contribution in [2.45, 2.75) is 432 Å². The van der Waals surface area contributed by atoms with Crippen LogP contribution in [0.2, 0.25) is 0 Å². The molecule has 0 saturated heterocycles. The second-order valence-electron chi connectivity index (χ2n) is 28.6. The van der Waals surface area contributed by atoms with Gasteiger partial charge in [-0.15, -0.1) is 0 Å². The Labute approximate surface area is 594 Å². The molecule has 0 radical (unpaired) electrons. The van der Waals surface area contributed by atoms with Crippen LogP contribution in [0.1, 0.15) is 413 Å². The lowest BCUT2D eigenvalue weighted by Gasteiger charge is -2.21. The number of rotatable bonds is 78. The van der Waals surface area contributed by atoms with Gasteiger partial charge in [0.05, 0.1) is 26.4 Å². The summed E-state index contributed by atoms with van der Waals surface area (Å²) < 4.78 is 68.6. The molecule has 0 aromatic heterocycles. The van der Waals surface area contributed by atoms with Gasteiger partial charge >= 0.3 is 39.5 Å². The zero-order valence-electron chi connectivity index (χ0n) is 63.2. The fraction of sp³-hybridized carbons (Fsp3) is 0.949. The fourth-order valence-corrected chi connectivity index (χ4v) is 13.6. The maximum absolute atomic E-state index is 13.1. The molecular formula is C78H152O17P2. The van der Waals surface area contributed by atoms with Crippen LogP contribution in [-0.4, -0.2) is 96.7 Å². The molecule has 0 saturated carbocycles. The third kappa shape index (κ3) is 72.2. The Bertz CT molecular complexity index is 1860. The Morgan fingerprint density at radius 1 is 0.278 bits per heavy atom. The Balaban J connectivity index is 5.20. The van der Waals surface area contributed by atoms with Gasteiger partial charge in [-0.05, 0) is 31.6 Å². The number of aliphatic hydroxyl groups is 1. The van der Waals surface area contributed by atoms with Crippen LogP contribution in [0.15, 0.2) is 0 Å². The summed E-state index contributed by atoms with van der Waals surface area (Å²) in [7, 11) is -9.91. The predicted molar refractivity (Wildman–Crippen MR) is 395 cm³/mol. The maximum atomic E-state index is 13.1. The van der Waals surface area contributed by atoms with Crippen molar-refractivity contribution in [3.8, 4) is 0 Å². The number of carbonyl (C=O) groups is 4. The van der Waals surface area contributed by atoms with Crippen LogP contribution in [0.25, 0.3) is 0 Å². The molecule has 0 fully saturated rings.